The second kappa shape index (κ2) is 10.2. The molecular weight excluding hydrogens is 456 g/mol. The van der Waals surface area contributed by atoms with Crippen LogP contribution >= 0.6 is 23.1 Å². The van der Waals surface area contributed by atoms with Crippen molar-refractivity contribution in [2.75, 3.05) is 31.9 Å². The van der Waals surface area contributed by atoms with Crippen molar-refractivity contribution in [2.24, 2.45) is 5.92 Å². The molecule has 2 aromatic rings. The minimum absolute atomic E-state index is 0.0163. The summed E-state index contributed by atoms with van der Waals surface area (Å²) in [5.41, 5.74) is 1.20. The van der Waals surface area contributed by atoms with Crippen LogP contribution in [0.3, 0.4) is 0 Å². The maximum atomic E-state index is 12.7. The molecule has 2 saturated heterocycles. The van der Waals surface area contributed by atoms with E-state index in [0.29, 0.717) is 42.7 Å². The summed E-state index contributed by atoms with van der Waals surface area (Å²) in [6, 6.07) is 0. The molecule has 0 saturated carbocycles. The van der Waals surface area contributed by atoms with Gasteiger partial charge in [0.2, 0.25) is 11.8 Å². The summed E-state index contributed by atoms with van der Waals surface area (Å²) in [5, 5.41) is 0.797. The monoisotopic (exact) mass is 488 g/mol. The van der Waals surface area contributed by atoms with Gasteiger partial charge in [0, 0.05) is 49.1 Å². The second-order valence-corrected chi connectivity index (χ2v) is 11.6. The lowest BCUT2D eigenvalue weighted by Gasteiger charge is -2.33. The fraction of sp³-hybridized carbons (Fsp3) is 0.667. The number of hydrogen-bond donors (Lipinski definition) is 1. The summed E-state index contributed by atoms with van der Waals surface area (Å²) in [6.45, 7) is 3.17. The number of piperidine rings is 1. The molecule has 3 aliphatic rings. The highest BCUT2D eigenvalue weighted by Crippen LogP contribution is 2.33. The molecule has 1 N–H and O–H groups in total. The third-order valence-corrected chi connectivity index (χ3v) is 9.34. The number of aromatic nitrogens is 2. The molecule has 2 aliphatic heterocycles. The molecule has 0 spiro atoms. The van der Waals surface area contributed by atoms with Crippen molar-refractivity contribution < 1.29 is 9.59 Å². The second-order valence-electron chi connectivity index (χ2n) is 9.39. The Morgan fingerprint density at radius 1 is 1.03 bits per heavy atom. The standard InChI is InChI=1S/C24H32N4O3S2/c29-20(27-12-7-16(8-13-27)24(31)28-10-3-4-11-28)9-14-32-15-19-25-22(30)21-17-5-1-2-6-18(17)33-23(21)26-19/h16H,1-15H2,(H,25,26,30). The van der Waals surface area contributed by atoms with Gasteiger partial charge in [-0.05, 0) is 56.9 Å². The number of carbonyl (C=O) groups is 2. The number of aromatic amines is 1. The first kappa shape index (κ1) is 22.9. The minimum Gasteiger partial charge on any atom is -0.343 e. The van der Waals surface area contributed by atoms with E-state index in [4.69, 9.17) is 4.98 Å². The number of thioether (sulfide) groups is 1. The van der Waals surface area contributed by atoms with Crippen LogP contribution in [0.15, 0.2) is 4.79 Å². The molecule has 5 rings (SSSR count). The van der Waals surface area contributed by atoms with Gasteiger partial charge in [0.15, 0.2) is 0 Å². The Balaban J connectivity index is 1.08. The molecule has 0 radical (unpaired) electrons. The average molecular weight is 489 g/mol. The van der Waals surface area contributed by atoms with Crippen LogP contribution in [0.1, 0.15) is 61.2 Å². The molecule has 33 heavy (non-hydrogen) atoms. The fourth-order valence-corrected chi connectivity index (χ4v) is 7.41. The van der Waals surface area contributed by atoms with E-state index in [1.807, 2.05) is 9.80 Å². The lowest BCUT2D eigenvalue weighted by molar-refractivity contribution is -0.139. The Morgan fingerprint density at radius 3 is 2.58 bits per heavy atom. The first-order valence-corrected chi connectivity index (χ1v) is 14.2. The fourth-order valence-electron chi connectivity index (χ4n) is 5.33. The number of amides is 2. The van der Waals surface area contributed by atoms with Crippen LogP contribution in [0.5, 0.6) is 0 Å². The number of hydrogen-bond acceptors (Lipinski definition) is 6. The molecule has 2 aromatic heterocycles. The Hall–Kier alpha value is -1.87. The third-order valence-electron chi connectivity index (χ3n) is 7.19. The van der Waals surface area contributed by atoms with E-state index >= 15 is 0 Å². The van der Waals surface area contributed by atoms with Crippen LogP contribution in [-0.4, -0.2) is 63.5 Å². The van der Waals surface area contributed by atoms with Crippen molar-refractivity contribution in [1.82, 2.24) is 19.8 Å². The molecule has 0 unspecified atom stereocenters. The topological polar surface area (TPSA) is 86.4 Å². The van der Waals surface area contributed by atoms with Crippen LogP contribution in [-0.2, 0) is 28.2 Å². The summed E-state index contributed by atoms with van der Waals surface area (Å²) in [6.07, 6.45) is 8.67. The number of nitrogens with one attached hydrogen (secondary N) is 1. The number of likely N-dealkylation sites (tertiary alicyclic amines) is 2. The molecule has 2 fully saturated rings. The lowest BCUT2D eigenvalue weighted by Crippen LogP contribution is -2.43. The van der Waals surface area contributed by atoms with Gasteiger partial charge >= 0.3 is 0 Å². The molecular formula is C24H32N4O3S2. The van der Waals surface area contributed by atoms with E-state index in [1.54, 1.807) is 23.1 Å². The van der Waals surface area contributed by atoms with E-state index < -0.39 is 0 Å². The molecule has 1 aliphatic carbocycles. The Morgan fingerprint density at radius 2 is 1.79 bits per heavy atom. The number of nitrogens with zero attached hydrogens (tertiary/aromatic N) is 3. The highest BCUT2D eigenvalue weighted by atomic mass is 32.2. The zero-order valence-corrected chi connectivity index (χ0v) is 20.7. The quantitative estimate of drug-likeness (QED) is 0.630. The molecule has 2 amide bonds. The molecule has 0 bridgehead atoms. The van der Waals surface area contributed by atoms with Gasteiger partial charge in [-0.2, -0.15) is 11.8 Å². The average Bonchev–Trinajstić information content (AvgIpc) is 3.49. The predicted molar refractivity (Wildman–Crippen MR) is 133 cm³/mol. The highest BCUT2D eigenvalue weighted by molar-refractivity contribution is 7.98. The van der Waals surface area contributed by atoms with Gasteiger partial charge in [0.25, 0.3) is 5.56 Å². The predicted octanol–water partition coefficient (Wildman–Crippen LogP) is 3.35. The van der Waals surface area contributed by atoms with Crippen LogP contribution < -0.4 is 5.56 Å². The molecule has 178 valence electrons. The SMILES string of the molecule is O=C(CCSCc1nc2sc3c(c2c(=O)[nH]1)CCCC3)N1CCC(C(=O)N2CCCC2)CC1. The van der Waals surface area contributed by atoms with E-state index in [-0.39, 0.29) is 17.4 Å². The van der Waals surface area contributed by atoms with Crippen molar-refractivity contribution >= 4 is 45.1 Å². The van der Waals surface area contributed by atoms with Gasteiger partial charge in [-0.1, -0.05) is 0 Å². The lowest BCUT2D eigenvalue weighted by atomic mass is 9.95. The maximum absolute atomic E-state index is 12.7. The van der Waals surface area contributed by atoms with Gasteiger partial charge in [0.1, 0.15) is 10.7 Å². The molecule has 4 heterocycles. The van der Waals surface area contributed by atoms with Gasteiger partial charge in [-0.25, -0.2) is 4.98 Å². The van der Waals surface area contributed by atoms with Crippen molar-refractivity contribution in [1.29, 1.82) is 0 Å². The number of rotatable bonds is 6. The van der Waals surface area contributed by atoms with Crippen molar-refractivity contribution in [3.05, 3.63) is 26.6 Å². The Bertz CT molecular complexity index is 1080. The number of thiophene rings is 1. The number of aryl methyl sites for hydroxylation is 2. The van der Waals surface area contributed by atoms with Gasteiger partial charge in [-0.3, -0.25) is 14.4 Å². The van der Waals surface area contributed by atoms with Gasteiger partial charge in [0.05, 0.1) is 11.1 Å². The van der Waals surface area contributed by atoms with Gasteiger partial charge in [-0.15, -0.1) is 11.3 Å². The van der Waals surface area contributed by atoms with Crippen LogP contribution in [0.4, 0.5) is 0 Å². The van der Waals surface area contributed by atoms with Gasteiger partial charge < -0.3 is 14.8 Å². The molecule has 9 heteroatoms. The highest BCUT2D eigenvalue weighted by Gasteiger charge is 2.31. The summed E-state index contributed by atoms with van der Waals surface area (Å²) >= 11 is 3.31. The smallest absolute Gasteiger partial charge is 0.259 e. The summed E-state index contributed by atoms with van der Waals surface area (Å²) in [4.78, 5) is 51.6. The number of carbonyl (C=O) groups excluding carboxylic acids is 2. The molecule has 0 atom stereocenters. The van der Waals surface area contributed by atoms with E-state index in [9.17, 15) is 14.4 Å². The zero-order valence-electron chi connectivity index (χ0n) is 19.1. The normalized spacial score (nSPS) is 19.3. The summed E-state index contributed by atoms with van der Waals surface area (Å²) in [5.74, 6) is 2.55. The summed E-state index contributed by atoms with van der Waals surface area (Å²) in [7, 11) is 0. The largest absolute Gasteiger partial charge is 0.343 e. The van der Waals surface area contributed by atoms with Crippen LogP contribution in [0.25, 0.3) is 10.2 Å². The number of fused-ring (bicyclic) bond motifs is 3. The Kier molecular flexibility index (Phi) is 7.06. The Labute approximate surface area is 202 Å². The summed E-state index contributed by atoms with van der Waals surface area (Å²) < 4.78 is 0. The van der Waals surface area contributed by atoms with Crippen molar-refractivity contribution in [3.63, 3.8) is 0 Å². The third kappa shape index (κ3) is 4.99. The molecule has 7 nitrogen and oxygen atoms in total. The maximum Gasteiger partial charge on any atom is 0.259 e. The zero-order chi connectivity index (χ0) is 22.8. The van der Waals surface area contributed by atoms with Crippen molar-refractivity contribution in [2.45, 2.75) is 63.5 Å². The van der Waals surface area contributed by atoms with Crippen LogP contribution in [0, 0.1) is 5.92 Å². The molecule has 0 aromatic carbocycles. The van der Waals surface area contributed by atoms with Crippen molar-refractivity contribution in [3.8, 4) is 0 Å². The van der Waals surface area contributed by atoms with E-state index in [1.165, 1.54) is 16.9 Å². The van der Waals surface area contributed by atoms with E-state index in [2.05, 4.69) is 4.98 Å². The first-order chi connectivity index (χ1) is 16.1. The van der Waals surface area contributed by atoms with Crippen LogP contribution in [0.2, 0.25) is 0 Å². The minimum atomic E-state index is -0.0163. The van der Waals surface area contributed by atoms with E-state index in [0.717, 1.165) is 68.3 Å². The number of H-pyrrole nitrogens is 1. The first-order valence-electron chi connectivity index (χ1n) is 12.3.